The largest absolute Gasteiger partial charge is 0.482 e. The Morgan fingerprint density at radius 3 is 2.53 bits per heavy atom. The van der Waals surface area contributed by atoms with Gasteiger partial charge in [-0.1, -0.05) is 60.3 Å². The van der Waals surface area contributed by atoms with E-state index in [2.05, 4.69) is 65.5 Å². The zero-order valence-corrected chi connectivity index (χ0v) is 25.2. The molecule has 0 radical (unpaired) electrons. The fourth-order valence-corrected chi connectivity index (χ4v) is 6.62. The van der Waals surface area contributed by atoms with Gasteiger partial charge in [0.15, 0.2) is 0 Å². The van der Waals surface area contributed by atoms with E-state index < -0.39 is 0 Å². The number of ether oxygens (including phenoxy) is 2. The molecule has 2 heterocycles. The molecule has 1 aromatic carbocycles. The number of benzene rings is 1. The molecule has 2 unspecified atom stereocenters. The van der Waals surface area contributed by atoms with E-state index in [1.54, 1.807) is 0 Å². The van der Waals surface area contributed by atoms with Gasteiger partial charge in [0.2, 0.25) is 0 Å². The van der Waals surface area contributed by atoms with Gasteiger partial charge in [0.1, 0.15) is 17.1 Å². The van der Waals surface area contributed by atoms with Crippen LogP contribution < -0.4 is 9.47 Å². The molecular weight excluding hydrogens is 490 g/mol. The Morgan fingerprint density at radius 1 is 1.14 bits per heavy atom. The number of hydrogen-bond donors (Lipinski definition) is 0. The van der Waals surface area contributed by atoms with Crippen LogP contribution in [0.5, 0.6) is 11.5 Å². The highest BCUT2D eigenvalue weighted by Crippen LogP contribution is 2.54. The molecule has 3 rings (SSSR count). The quantitative estimate of drug-likeness (QED) is 0.143. The van der Waals surface area contributed by atoms with Crippen LogP contribution in [0.4, 0.5) is 0 Å². The maximum absolute atomic E-state index is 13.0. The van der Waals surface area contributed by atoms with Gasteiger partial charge < -0.3 is 14.4 Å². The zero-order valence-electron chi connectivity index (χ0n) is 23.6. The molecule has 0 amide bonds. The third-order valence-electron chi connectivity index (χ3n) is 7.79. The van der Waals surface area contributed by atoms with Crippen molar-refractivity contribution in [3.8, 4) is 11.5 Å². The number of carbonyl (C=O) groups is 1. The zero-order chi connectivity index (χ0) is 25.6. The summed E-state index contributed by atoms with van der Waals surface area (Å²) in [5.41, 5.74) is 3.19. The molecule has 4 nitrogen and oxygen atoms in total. The summed E-state index contributed by atoms with van der Waals surface area (Å²) in [6.45, 7) is 18.5. The van der Waals surface area contributed by atoms with Crippen molar-refractivity contribution in [2.45, 2.75) is 105 Å². The smallest absolute Gasteiger partial charge is 0.311 e. The molecule has 0 aromatic heterocycles. The second kappa shape index (κ2) is 14.1. The lowest BCUT2D eigenvalue weighted by atomic mass is 9.83. The number of allylic oxidation sites excluding steroid dienone is 1. The van der Waals surface area contributed by atoms with Gasteiger partial charge in [-0.05, 0) is 81.4 Å². The van der Waals surface area contributed by atoms with Crippen LogP contribution in [-0.2, 0) is 4.79 Å². The molecule has 1 aromatic rings. The van der Waals surface area contributed by atoms with Crippen molar-refractivity contribution in [1.82, 2.24) is 4.90 Å². The van der Waals surface area contributed by atoms with Gasteiger partial charge in [-0.3, -0.25) is 4.79 Å². The summed E-state index contributed by atoms with van der Waals surface area (Å²) < 4.78 is 12.7. The third kappa shape index (κ3) is 7.45. The predicted molar refractivity (Wildman–Crippen MR) is 157 cm³/mol. The van der Waals surface area contributed by atoms with Gasteiger partial charge in [-0.25, -0.2) is 0 Å². The lowest BCUT2D eigenvalue weighted by Gasteiger charge is -2.35. The average molecular weight is 538 g/mol. The lowest BCUT2D eigenvalue weighted by molar-refractivity contribution is -0.134. The number of carbonyl (C=O) groups excluding carboxylic acids is 1. The highest BCUT2D eigenvalue weighted by atomic mass is 35.5. The minimum absolute atomic E-state index is 0. The Labute approximate surface area is 230 Å². The van der Waals surface area contributed by atoms with Crippen LogP contribution >= 0.6 is 24.2 Å². The van der Waals surface area contributed by atoms with Crippen LogP contribution in [0.25, 0.3) is 5.57 Å². The first-order chi connectivity index (χ1) is 16.7. The lowest BCUT2D eigenvalue weighted by Crippen LogP contribution is -2.33. The van der Waals surface area contributed by atoms with E-state index >= 15 is 0 Å². The first-order valence-corrected chi connectivity index (χ1v) is 14.9. The molecule has 36 heavy (non-hydrogen) atoms. The number of halogens is 1. The van der Waals surface area contributed by atoms with Crippen molar-refractivity contribution in [2.75, 3.05) is 25.4 Å². The number of thioether (sulfide) groups is 1. The summed E-state index contributed by atoms with van der Waals surface area (Å²) >= 11 is 1.88. The van der Waals surface area contributed by atoms with Crippen LogP contribution in [0.1, 0.15) is 110 Å². The number of fused-ring (bicyclic) bond motifs is 2. The number of hydrogen-bond acceptors (Lipinski definition) is 5. The normalized spacial score (nSPS) is 17.7. The highest BCUT2D eigenvalue weighted by molar-refractivity contribution is 8.03. The summed E-state index contributed by atoms with van der Waals surface area (Å²) in [6, 6.07) is 4.36. The fraction of sp³-hybridized carbons (Fsp3) is 0.700. The molecule has 0 bridgehead atoms. The van der Waals surface area contributed by atoms with Crippen LogP contribution in [-0.4, -0.2) is 41.9 Å². The van der Waals surface area contributed by atoms with Crippen LogP contribution in [0.2, 0.25) is 0 Å². The number of nitrogens with zero attached hydrogens (tertiary/aromatic N) is 1. The SMILES string of the molecule is CCCCCC(C)C(C)c1cc(OC(=O)CCCN(CC)CC)c2c(c1)OC(C)(C)C1=C2CCS1.Cl. The van der Waals surface area contributed by atoms with E-state index in [0.29, 0.717) is 24.0 Å². The molecule has 204 valence electrons. The molecule has 2 aliphatic heterocycles. The molecule has 0 N–H and O–H groups in total. The van der Waals surface area contributed by atoms with Gasteiger partial charge in [0.25, 0.3) is 0 Å². The fourth-order valence-electron chi connectivity index (χ4n) is 5.34. The Morgan fingerprint density at radius 2 is 1.86 bits per heavy atom. The van der Waals surface area contributed by atoms with Crippen molar-refractivity contribution in [2.24, 2.45) is 5.92 Å². The second-order valence-electron chi connectivity index (χ2n) is 10.8. The van der Waals surface area contributed by atoms with E-state index in [9.17, 15) is 4.79 Å². The van der Waals surface area contributed by atoms with Crippen LogP contribution in [0.15, 0.2) is 17.0 Å². The monoisotopic (exact) mass is 537 g/mol. The molecule has 2 aliphatic rings. The van der Waals surface area contributed by atoms with Crippen LogP contribution in [0.3, 0.4) is 0 Å². The van der Waals surface area contributed by atoms with E-state index in [4.69, 9.17) is 9.47 Å². The second-order valence-corrected chi connectivity index (χ2v) is 11.9. The topological polar surface area (TPSA) is 38.8 Å². The maximum Gasteiger partial charge on any atom is 0.311 e. The average Bonchev–Trinajstić information content (AvgIpc) is 3.32. The molecule has 0 saturated heterocycles. The van der Waals surface area contributed by atoms with Gasteiger partial charge in [0.05, 0.1) is 5.56 Å². The van der Waals surface area contributed by atoms with E-state index in [1.807, 2.05) is 11.8 Å². The molecule has 0 fully saturated rings. The summed E-state index contributed by atoms with van der Waals surface area (Å²) in [5, 5.41) is 0. The van der Waals surface area contributed by atoms with Crippen molar-refractivity contribution >= 4 is 35.7 Å². The first kappa shape index (κ1) is 31.1. The number of rotatable bonds is 13. The maximum atomic E-state index is 13.0. The van der Waals surface area contributed by atoms with Gasteiger partial charge in [0, 0.05) is 17.1 Å². The number of unbranched alkanes of at least 4 members (excludes halogenated alkanes) is 2. The molecule has 2 atom stereocenters. The molecular formula is C30H48ClNO3S. The Hall–Kier alpha value is -1.17. The standard InChI is InChI=1S/C30H47NO3S.ClH/c1-8-11-12-14-21(4)22(5)23-19-25(33-27(32)15-13-17-31(9-2)10-3)28-24-16-18-35-29(24)30(6,7)34-26(28)20-23;/h19-22H,8-18H2,1-7H3;1H. The van der Waals surface area contributed by atoms with Crippen molar-refractivity contribution < 1.29 is 14.3 Å². The molecule has 0 aliphatic carbocycles. The third-order valence-corrected chi connectivity index (χ3v) is 9.23. The minimum Gasteiger partial charge on any atom is -0.482 e. The first-order valence-electron chi connectivity index (χ1n) is 13.9. The molecule has 0 spiro atoms. The minimum atomic E-state index is -0.344. The van der Waals surface area contributed by atoms with Gasteiger partial charge >= 0.3 is 5.97 Å². The summed E-state index contributed by atoms with van der Waals surface area (Å²) in [7, 11) is 0. The molecule has 0 saturated carbocycles. The van der Waals surface area contributed by atoms with E-state index in [1.165, 1.54) is 41.7 Å². The number of esters is 1. The Kier molecular flexibility index (Phi) is 12.2. The molecule has 6 heteroatoms. The van der Waals surface area contributed by atoms with Crippen LogP contribution in [0, 0.1) is 5.92 Å². The summed E-state index contributed by atoms with van der Waals surface area (Å²) in [6.07, 6.45) is 7.25. The van der Waals surface area contributed by atoms with Crippen molar-refractivity contribution in [1.29, 1.82) is 0 Å². The van der Waals surface area contributed by atoms with Crippen molar-refractivity contribution in [3.05, 3.63) is 28.2 Å². The van der Waals surface area contributed by atoms with Crippen molar-refractivity contribution in [3.63, 3.8) is 0 Å². The summed E-state index contributed by atoms with van der Waals surface area (Å²) in [5.74, 6) is 3.43. The predicted octanol–water partition coefficient (Wildman–Crippen LogP) is 8.47. The highest BCUT2D eigenvalue weighted by Gasteiger charge is 2.40. The summed E-state index contributed by atoms with van der Waals surface area (Å²) in [4.78, 5) is 16.6. The van der Waals surface area contributed by atoms with Gasteiger partial charge in [-0.2, -0.15) is 0 Å². The van der Waals surface area contributed by atoms with E-state index in [0.717, 1.165) is 49.5 Å². The Balaban J connectivity index is 0.00000456. The van der Waals surface area contributed by atoms with Gasteiger partial charge in [-0.15, -0.1) is 24.2 Å². The Bertz CT molecular complexity index is 910. The van der Waals surface area contributed by atoms with E-state index in [-0.39, 0.29) is 24.0 Å².